The van der Waals surface area contributed by atoms with Crippen LogP contribution in [0.2, 0.25) is 0 Å². The average molecular weight is 363 g/mol. The standard InChI is InChI=1S/C21H21N3O3/c1-14-9-11-19(27-3)17(13-14)15(2)22-21(26)18-10-12-20(25)24(23-18)16-7-5-4-6-8-16/h4-13,15H,1-3H3,(H,22,26). The first kappa shape index (κ1) is 18.4. The van der Waals surface area contributed by atoms with Gasteiger partial charge in [0.2, 0.25) is 0 Å². The van der Waals surface area contributed by atoms with Crippen molar-refractivity contribution in [3.63, 3.8) is 0 Å². The van der Waals surface area contributed by atoms with Gasteiger partial charge in [0, 0.05) is 11.6 Å². The van der Waals surface area contributed by atoms with Crippen molar-refractivity contribution in [2.45, 2.75) is 19.9 Å². The number of nitrogens with zero attached hydrogens (tertiary/aromatic N) is 2. The van der Waals surface area contributed by atoms with Gasteiger partial charge in [0.05, 0.1) is 18.8 Å². The minimum atomic E-state index is -0.365. The van der Waals surface area contributed by atoms with E-state index >= 15 is 0 Å². The minimum absolute atomic E-state index is 0.164. The quantitative estimate of drug-likeness (QED) is 0.756. The molecule has 138 valence electrons. The first-order valence-electron chi connectivity index (χ1n) is 8.61. The van der Waals surface area contributed by atoms with Gasteiger partial charge in [-0.15, -0.1) is 0 Å². The Hall–Kier alpha value is -3.41. The predicted octanol–water partition coefficient (Wildman–Crippen LogP) is 3.04. The molecule has 1 atom stereocenters. The van der Waals surface area contributed by atoms with Crippen molar-refractivity contribution in [2.75, 3.05) is 7.11 Å². The number of amides is 1. The van der Waals surface area contributed by atoms with E-state index in [2.05, 4.69) is 10.4 Å². The maximum absolute atomic E-state index is 12.7. The molecule has 6 heteroatoms. The second-order valence-corrected chi connectivity index (χ2v) is 6.24. The van der Waals surface area contributed by atoms with E-state index in [1.165, 1.54) is 16.8 Å². The van der Waals surface area contributed by atoms with E-state index in [1.807, 2.05) is 50.2 Å². The van der Waals surface area contributed by atoms with Crippen LogP contribution in [0, 0.1) is 6.92 Å². The minimum Gasteiger partial charge on any atom is -0.496 e. The fourth-order valence-corrected chi connectivity index (χ4v) is 2.83. The highest BCUT2D eigenvalue weighted by atomic mass is 16.5. The number of hydrogen-bond acceptors (Lipinski definition) is 4. The van der Waals surface area contributed by atoms with Crippen molar-refractivity contribution in [3.8, 4) is 11.4 Å². The Bertz CT molecular complexity index is 1010. The van der Waals surface area contributed by atoms with E-state index < -0.39 is 0 Å². The van der Waals surface area contributed by atoms with Gasteiger partial charge in [-0.2, -0.15) is 9.78 Å². The number of aromatic nitrogens is 2. The van der Waals surface area contributed by atoms with Gasteiger partial charge >= 0.3 is 0 Å². The smallest absolute Gasteiger partial charge is 0.272 e. The van der Waals surface area contributed by atoms with Crippen molar-refractivity contribution >= 4 is 5.91 Å². The Labute approximate surface area is 157 Å². The summed E-state index contributed by atoms with van der Waals surface area (Å²) in [5, 5.41) is 7.13. The highest BCUT2D eigenvalue weighted by Gasteiger charge is 2.17. The van der Waals surface area contributed by atoms with Crippen LogP contribution in [-0.4, -0.2) is 22.8 Å². The van der Waals surface area contributed by atoms with E-state index in [4.69, 9.17) is 4.74 Å². The number of hydrogen-bond donors (Lipinski definition) is 1. The van der Waals surface area contributed by atoms with Gasteiger partial charge < -0.3 is 10.1 Å². The maximum atomic E-state index is 12.7. The van der Waals surface area contributed by atoms with Crippen molar-refractivity contribution in [1.29, 1.82) is 0 Å². The summed E-state index contributed by atoms with van der Waals surface area (Å²) in [6.45, 7) is 3.86. The molecular formula is C21H21N3O3. The summed E-state index contributed by atoms with van der Waals surface area (Å²) in [5.41, 5.74) is 2.42. The second kappa shape index (κ2) is 7.86. The molecule has 1 amide bonds. The number of nitrogens with one attached hydrogen (secondary N) is 1. The van der Waals surface area contributed by atoms with Gasteiger partial charge in [-0.1, -0.05) is 35.9 Å². The van der Waals surface area contributed by atoms with Gasteiger partial charge in [0.25, 0.3) is 11.5 Å². The molecule has 6 nitrogen and oxygen atoms in total. The van der Waals surface area contributed by atoms with E-state index in [0.717, 1.165) is 11.1 Å². The second-order valence-electron chi connectivity index (χ2n) is 6.24. The van der Waals surface area contributed by atoms with E-state index in [0.29, 0.717) is 11.4 Å². The Morgan fingerprint density at radius 3 is 2.56 bits per heavy atom. The molecule has 3 aromatic rings. The van der Waals surface area contributed by atoms with Crippen LogP contribution in [0.5, 0.6) is 5.75 Å². The van der Waals surface area contributed by atoms with E-state index in [-0.39, 0.29) is 23.2 Å². The average Bonchev–Trinajstić information content (AvgIpc) is 2.68. The number of carbonyl (C=O) groups excluding carboxylic acids is 1. The van der Waals surface area contributed by atoms with Crippen LogP contribution >= 0.6 is 0 Å². The normalized spacial score (nSPS) is 11.7. The highest BCUT2D eigenvalue weighted by Crippen LogP contribution is 2.26. The third-order valence-corrected chi connectivity index (χ3v) is 4.23. The Kier molecular flexibility index (Phi) is 5.35. The van der Waals surface area contributed by atoms with Gasteiger partial charge in [-0.25, -0.2) is 0 Å². The molecule has 1 aromatic heterocycles. The first-order valence-corrected chi connectivity index (χ1v) is 8.61. The molecule has 2 aromatic carbocycles. The SMILES string of the molecule is COc1ccc(C)cc1C(C)NC(=O)c1ccc(=O)n(-c2ccccc2)n1. The van der Waals surface area contributed by atoms with E-state index in [9.17, 15) is 9.59 Å². The van der Waals surface area contributed by atoms with Crippen LogP contribution in [0.4, 0.5) is 0 Å². The van der Waals surface area contributed by atoms with Crippen LogP contribution in [0.25, 0.3) is 5.69 Å². The Morgan fingerprint density at radius 2 is 1.85 bits per heavy atom. The molecule has 0 spiro atoms. The van der Waals surface area contributed by atoms with Crippen molar-refractivity contribution < 1.29 is 9.53 Å². The number of benzene rings is 2. The molecular weight excluding hydrogens is 342 g/mol. The molecule has 0 saturated heterocycles. The third kappa shape index (κ3) is 4.06. The summed E-state index contributed by atoms with van der Waals surface area (Å²) in [4.78, 5) is 24.8. The van der Waals surface area contributed by atoms with Crippen LogP contribution in [0.3, 0.4) is 0 Å². The zero-order chi connectivity index (χ0) is 19.4. The number of carbonyl (C=O) groups is 1. The lowest BCUT2D eigenvalue weighted by molar-refractivity contribution is 0.0932. The monoisotopic (exact) mass is 363 g/mol. The molecule has 1 unspecified atom stereocenters. The van der Waals surface area contributed by atoms with Crippen LogP contribution in [0.15, 0.2) is 65.5 Å². The van der Waals surface area contributed by atoms with Gasteiger partial charge in [0.15, 0.2) is 0 Å². The molecule has 27 heavy (non-hydrogen) atoms. The van der Waals surface area contributed by atoms with Crippen LogP contribution < -0.4 is 15.6 Å². The zero-order valence-electron chi connectivity index (χ0n) is 15.5. The summed E-state index contributed by atoms with van der Waals surface area (Å²) in [6, 6.07) is 17.3. The summed E-state index contributed by atoms with van der Waals surface area (Å²) >= 11 is 0. The van der Waals surface area contributed by atoms with Gasteiger partial charge in [-0.05, 0) is 38.1 Å². The van der Waals surface area contributed by atoms with Crippen molar-refractivity contribution in [2.24, 2.45) is 0 Å². The van der Waals surface area contributed by atoms with Crippen molar-refractivity contribution in [3.05, 3.63) is 87.8 Å². The van der Waals surface area contributed by atoms with Crippen LogP contribution in [-0.2, 0) is 0 Å². The lowest BCUT2D eigenvalue weighted by Gasteiger charge is -2.18. The summed E-state index contributed by atoms with van der Waals surface area (Å²) in [7, 11) is 1.60. The highest BCUT2D eigenvalue weighted by molar-refractivity contribution is 5.92. The molecule has 1 heterocycles. The molecule has 0 radical (unpaired) electrons. The molecule has 0 aliphatic rings. The van der Waals surface area contributed by atoms with Crippen LogP contribution in [0.1, 0.15) is 34.6 Å². The van der Waals surface area contributed by atoms with Crippen molar-refractivity contribution in [1.82, 2.24) is 15.1 Å². The molecule has 3 rings (SSSR count). The van der Waals surface area contributed by atoms with E-state index in [1.54, 1.807) is 19.2 Å². The lowest BCUT2D eigenvalue weighted by Crippen LogP contribution is -2.30. The number of ether oxygens (including phenoxy) is 1. The number of methoxy groups -OCH3 is 1. The topological polar surface area (TPSA) is 73.2 Å². The summed E-state index contributed by atoms with van der Waals surface area (Å²) in [5.74, 6) is 0.339. The lowest BCUT2D eigenvalue weighted by atomic mass is 10.0. The predicted molar refractivity (Wildman–Crippen MR) is 103 cm³/mol. The maximum Gasteiger partial charge on any atom is 0.272 e. The Morgan fingerprint density at radius 1 is 1.11 bits per heavy atom. The largest absolute Gasteiger partial charge is 0.496 e. The number of para-hydroxylation sites is 1. The first-order chi connectivity index (χ1) is 13.0. The molecule has 0 fully saturated rings. The number of aryl methyl sites for hydroxylation is 1. The third-order valence-electron chi connectivity index (χ3n) is 4.23. The number of rotatable bonds is 5. The van der Waals surface area contributed by atoms with Gasteiger partial charge in [0.1, 0.15) is 11.4 Å². The fourth-order valence-electron chi connectivity index (χ4n) is 2.83. The molecule has 0 bridgehead atoms. The molecule has 0 aliphatic carbocycles. The fraction of sp³-hybridized carbons (Fsp3) is 0.190. The Balaban J connectivity index is 1.87. The molecule has 0 saturated carbocycles. The van der Waals surface area contributed by atoms with Gasteiger partial charge in [-0.3, -0.25) is 9.59 Å². The zero-order valence-corrected chi connectivity index (χ0v) is 15.5. The molecule has 1 N–H and O–H groups in total. The summed E-state index contributed by atoms with van der Waals surface area (Å²) in [6.07, 6.45) is 0. The summed E-state index contributed by atoms with van der Waals surface area (Å²) < 4.78 is 6.60. The molecule has 0 aliphatic heterocycles.